The largest absolute Gasteiger partial charge is 0.309 e. The first-order chi connectivity index (χ1) is 31.1. The van der Waals surface area contributed by atoms with E-state index in [-0.39, 0.29) is 0 Å². The van der Waals surface area contributed by atoms with E-state index in [2.05, 4.69) is 178 Å². The molecule has 3 heterocycles. The van der Waals surface area contributed by atoms with Gasteiger partial charge in [0.2, 0.25) is 0 Å². The lowest BCUT2D eigenvalue weighted by molar-refractivity contribution is 1.18. The van der Waals surface area contributed by atoms with Crippen LogP contribution in [0.1, 0.15) is 11.1 Å². The van der Waals surface area contributed by atoms with Crippen LogP contribution in [0.4, 0.5) is 0 Å². The first-order valence-corrected chi connectivity index (χ1v) is 21.9. The van der Waals surface area contributed by atoms with Gasteiger partial charge < -0.3 is 9.13 Å². The Morgan fingerprint density at radius 2 is 0.857 bits per heavy atom. The molecule has 0 amide bonds. The number of fused-ring (bicyclic) bond motifs is 6. The molecule has 0 saturated carbocycles. The average Bonchev–Trinajstić information content (AvgIpc) is 4.08. The van der Waals surface area contributed by atoms with Crippen molar-refractivity contribution in [1.82, 2.24) is 9.13 Å². The molecule has 0 aliphatic carbocycles. The summed E-state index contributed by atoms with van der Waals surface area (Å²) in [5.74, 6) is 0. The summed E-state index contributed by atoms with van der Waals surface area (Å²) in [6.07, 6.45) is 0. The van der Waals surface area contributed by atoms with Crippen molar-refractivity contribution in [2.75, 3.05) is 0 Å². The lowest BCUT2D eigenvalue weighted by Gasteiger charge is -2.19. The molecule has 0 saturated heterocycles. The van der Waals surface area contributed by atoms with Gasteiger partial charge >= 0.3 is 0 Å². The van der Waals surface area contributed by atoms with Gasteiger partial charge in [0.25, 0.3) is 0 Å². The van der Waals surface area contributed by atoms with E-state index >= 15 is 0 Å². The number of para-hydroxylation sites is 2. The molecule has 0 bridgehead atoms. The monoisotopic (exact) mass is 816 g/mol. The van der Waals surface area contributed by atoms with Crippen molar-refractivity contribution >= 4 is 87.3 Å². The molecular weight excluding hydrogens is 785 g/mol. The molecule has 0 fully saturated rings. The zero-order valence-corrected chi connectivity index (χ0v) is 34.5. The van der Waals surface area contributed by atoms with E-state index in [0.717, 1.165) is 66.1 Å². The molecule has 0 unspecified atom stereocenters. The number of nitrogens with zero attached hydrogens (tertiary/aromatic N) is 4. The fourth-order valence-electron chi connectivity index (χ4n) is 10.3. The van der Waals surface area contributed by atoms with E-state index in [4.69, 9.17) is 0 Å². The van der Waals surface area contributed by atoms with E-state index < -0.39 is 0 Å². The highest BCUT2D eigenvalue weighted by atomic mass is 32.1. The molecule has 0 aliphatic heterocycles. The van der Waals surface area contributed by atoms with E-state index in [0.29, 0.717) is 11.1 Å². The molecule has 3 aromatic heterocycles. The number of rotatable bonds is 5. The van der Waals surface area contributed by atoms with Crippen molar-refractivity contribution in [2.24, 2.45) is 0 Å². The average molecular weight is 817 g/mol. The smallest absolute Gasteiger partial charge is 0.0991 e. The Morgan fingerprint density at radius 1 is 0.365 bits per heavy atom. The fourth-order valence-corrected chi connectivity index (χ4v) is 11.0. The Balaban J connectivity index is 1.07. The van der Waals surface area contributed by atoms with Gasteiger partial charge in [0.15, 0.2) is 0 Å². The second-order valence-electron chi connectivity index (χ2n) is 16.3. The molecule has 0 radical (unpaired) electrons. The zero-order chi connectivity index (χ0) is 41.8. The normalized spacial score (nSPS) is 11.8. The van der Waals surface area contributed by atoms with Crippen molar-refractivity contribution in [3.63, 3.8) is 0 Å². The highest BCUT2D eigenvalue weighted by Crippen LogP contribution is 2.48. The van der Waals surface area contributed by atoms with Crippen LogP contribution in [0.15, 0.2) is 193 Å². The van der Waals surface area contributed by atoms with Gasteiger partial charge in [-0.2, -0.15) is 10.5 Å². The molecular formula is C58H32N4S. The third kappa shape index (κ3) is 5.19. The number of aromatic nitrogens is 2. The number of hydrogen-bond donors (Lipinski definition) is 0. The molecule has 0 aliphatic rings. The summed E-state index contributed by atoms with van der Waals surface area (Å²) in [4.78, 5) is 1.23. The molecule has 4 nitrogen and oxygen atoms in total. The molecule has 290 valence electrons. The lowest BCUT2D eigenvalue weighted by atomic mass is 9.85. The van der Waals surface area contributed by atoms with Crippen LogP contribution in [0.2, 0.25) is 0 Å². The highest BCUT2D eigenvalue weighted by molar-refractivity contribution is 7.13. The maximum absolute atomic E-state index is 9.98. The van der Waals surface area contributed by atoms with Gasteiger partial charge in [-0.15, -0.1) is 11.3 Å². The van der Waals surface area contributed by atoms with Crippen LogP contribution in [0.25, 0.3) is 120 Å². The van der Waals surface area contributed by atoms with Crippen LogP contribution in [0.3, 0.4) is 0 Å². The van der Waals surface area contributed by atoms with Crippen molar-refractivity contribution < 1.29 is 0 Å². The maximum atomic E-state index is 9.98. The van der Waals surface area contributed by atoms with Gasteiger partial charge in [0.05, 0.1) is 45.3 Å². The molecule has 0 atom stereocenters. The zero-order valence-electron chi connectivity index (χ0n) is 33.7. The lowest BCUT2D eigenvalue weighted by Crippen LogP contribution is -1.94. The predicted octanol–water partition coefficient (Wildman–Crippen LogP) is 15.6. The summed E-state index contributed by atoms with van der Waals surface area (Å²) < 4.78 is 4.60. The molecule has 63 heavy (non-hydrogen) atoms. The minimum absolute atomic E-state index is 0.645. The van der Waals surface area contributed by atoms with Gasteiger partial charge in [-0.3, -0.25) is 0 Å². The van der Waals surface area contributed by atoms with Crippen molar-refractivity contribution in [3.8, 4) is 56.2 Å². The van der Waals surface area contributed by atoms with Crippen LogP contribution < -0.4 is 0 Å². The molecule has 10 aromatic carbocycles. The predicted molar refractivity (Wildman–Crippen MR) is 262 cm³/mol. The number of benzene rings is 10. The standard InChI is InChI=1S/C58H32N4S/c59-33-35-13-23-52-47(28-35)49-30-38(17-25-54(49)61(52)40-8-3-1-4-9-40)42-19-15-37-16-20-45-51(56-12-7-27-63-56)32-46(44-22-21-43(42)57(37)58(44)45)39-18-26-55-50(31-39)48-29-36(34-60)14-24-53(48)62(55)41-10-5-2-6-11-41/h1-32H. The first kappa shape index (κ1) is 35.3. The van der Waals surface area contributed by atoms with E-state index in [1.807, 2.05) is 36.4 Å². The van der Waals surface area contributed by atoms with Crippen LogP contribution >= 0.6 is 11.3 Å². The topological polar surface area (TPSA) is 57.4 Å². The van der Waals surface area contributed by atoms with Crippen LogP contribution in [-0.2, 0) is 0 Å². The second-order valence-corrected chi connectivity index (χ2v) is 17.2. The summed E-state index contributed by atoms with van der Waals surface area (Å²) in [5, 5.41) is 33.8. The fraction of sp³-hybridized carbons (Fsp3) is 0. The Morgan fingerprint density at radius 3 is 1.41 bits per heavy atom. The summed E-state index contributed by atoms with van der Waals surface area (Å²) in [7, 11) is 0. The Bertz CT molecular complexity index is 4090. The maximum Gasteiger partial charge on any atom is 0.0991 e. The third-order valence-electron chi connectivity index (χ3n) is 13.0. The third-order valence-corrected chi connectivity index (χ3v) is 13.9. The van der Waals surface area contributed by atoms with Gasteiger partial charge in [-0.25, -0.2) is 0 Å². The highest BCUT2D eigenvalue weighted by Gasteiger charge is 2.22. The number of hydrogen-bond acceptors (Lipinski definition) is 3. The van der Waals surface area contributed by atoms with Crippen molar-refractivity contribution in [2.45, 2.75) is 0 Å². The minimum atomic E-state index is 0.645. The van der Waals surface area contributed by atoms with Crippen LogP contribution in [0, 0.1) is 22.7 Å². The summed E-state index contributed by atoms with van der Waals surface area (Å²) in [6.45, 7) is 0. The van der Waals surface area contributed by atoms with E-state index in [1.54, 1.807) is 11.3 Å². The molecule has 5 heteroatoms. The second kappa shape index (κ2) is 13.5. The Labute approximate surface area is 365 Å². The van der Waals surface area contributed by atoms with Gasteiger partial charge in [-0.1, -0.05) is 91.0 Å². The minimum Gasteiger partial charge on any atom is -0.309 e. The SMILES string of the molecule is N#Cc1ccc2c(c1)c1cc(-c3ccc4ccc5c(-c6cccs6)cc(-c6ccc7c(c6)c6cc(C#N)ccc6n7-c6ccccc6)c6ccc3c4c65)ccc1n2-c1ccccc1. The van der Waals surface area contributed by atoms with E-state index in [9.17, 15) is 10.5 Å². The van der Waals surface area contributed by atoms with Crippen molar-refractivity contribution in [3.05, 3.63) is 205 Å². The molecule has 13 aromatic rings. The number of thiophene rings is 1. The van der Waals surface area contributed by atoms with Gasteiger partial charge in [0.1, 0.15) is 0 Å². The number of nitriles is 2. The molecule has 13 rings (SSSR count). The molecule has 0 N–H and O–H groups in total. The van der Waals surface area contributed by atoms with Gasteiger partial charge in [0, 0.05) is 43.4 Å². The van der Waals surface area contributed by atoms with Gasteiger partial charge in [-0.05, 0) is 157 Å². The Kier molecular flexibility index (Phi) is 7.57. The van der Waals surface area contributed by atoms with E-state index in [1.165, 1.54) is 53.9 Å². The Hall–Kier alpha value is -8.48. The summed E-state index contributed by atoms with van der Waals surface area (Å²) in [6, 6.07) is 71.8. The summed E-state index contributed by atoms with van der Waals surface area (Å²) in [5.41, 5.74) is 13.6. The van der Waals surface area contributed by atoms with Crippen LogP contribution in [-0.4, -0.2) is 9.13 Å². The quantitative estimate of drug-likeness (QED) is 0.162. The van der Waals surface area contributed by atoms with Crippen molar-refractivity contribution in [1.29, 1.82) is 10.5 Å². The molecule has 0 spiro atoms. The van der Waals surface area contributed by atoms with Crippen LogP contribution in [0.5, 0.6) is 0 Å². The summed E-state index contributed by atoms with van der Waals surface area (Å²) >= 11 is 1.77. The first-order valence-electron chi connectivity index (χ1n) is 21.0.